The fraction of sp³-hybridized carbons (Fsp3) is 0.192. The minimum Gasteiger partial charge on any atom is -0.507 e. The van der Waals surface area contributed by atoms with E-state index in [2.05, 4.69) is 0 Å². The molecule has 0 radical (unpaired) electrons. The van der Waals surface area contributed by atoms with E-state index >= 15 is 4.39 Å². The molecule has 0 aliphatic rings. The van der Waals surface area contributed by atoms with Crippen LogP contribution in [0.1, 0.15) is 29.9 Å². The minimum atomic E-state index is -1.24. The van der Waals surface area contributed by atoms with Crippen molar-refractivity contribution in [3.05, 3.63) is 83.6 Å². The predicted octanol–water partition coefficient (Wildman–Crippen LogP) is 5.90. The van der Waals surface area contributed by atoms with E-state index in [1.165, 1.54) is 30.3 Å². The van der Waals surface area contributed by atoms with E-state index < -0.39 is 23.0 Å². The van der Waals surface area contributed by atoms with Gasteiger partial charge in [-0.25, -0.2) is 13.6 Å². The second-order valence-corrected chi connectivity index (χ2v) is 8.52. The highest BCUT2D eigenvalue weighted by atomic mass is 19.1. The molecule has 4 aromatic rings. The Balaban J connectivity index is 2.19. The predicted molar refractivity (Wildman–Crippen MR) is 122 cm³/mol. The van der Waals surface area contributed by atoms with Crippen LogP contribution in [0.25, 0.3) is 27.7 Å². The average Bonchev–Trinajstić information content (AvgIpc) is 3.11. The number of hydrogen-bond acceptors (Lipinski definition) is 3. The summed E-state index contributed by atoms with van der Waals surface area (Å²) in [5.74, 6) is -2.42. The number of fused-ring (bicyclic) bond motifs is 1. The van der Waals surface area contributed by atoms with Gasteiger partial charge in [-0.15, -0.1) is 0 Å². The minimum absolute atomic E-state index is 0.0560. The zero-order valence-electron chi connectivity index (χ0n) is 18.4. The molecule has 0 atom stereocenters. The third kappa shape index (κ3) is 3.85. The number of carbonyl (C=O) groups is 1. The van der Waals surface area contributed by atoms with E-state index in [-0.39, 0.29) is 23.5 Å². The van der Waals surface area contributed by atoms with Gasteiger partial charge in [-0.05, 0) is 48.5 Å². The SMILES string of the molecule is COCC(C)(C)c1c(-c2ccc(C(=O)O)cc2F)c2c(O)cccc2n1-c1ccc(F)cc1. The van der Waals surface area contributed by atoms with Crippen LogP contribution in [0, 0.1) is 11.6 Å². The van der Waals surface area contributed by atoms with Crippen molar-refractivity contribution >= 4 is 16.9 Å². The molecule has 170 valence electrons. The maximum absolute atomic E-state index is 15.3. The highest BCUT2D eigenvalue weighted by Crippen LogP contribution is 2.46. The van der Waals surface area contributed by atoms with E-state index in [1.807, 2.05) is 18.4 Å². The number of hydrogen-bond donors (Lipinski definition) is 2. The van der Waals surface area contributed by atoms with Gasteiger partial charge >= 0.3 is 5.97 Å². The van der Waals surface area contributed by atoms with Gasteiger partial charge in [0, 0.05) is 35.0 Å². The largest absolute Gasteiger partial charge is 0.507 e. The van der Waals surface area contributed by atoms with E-state index in [0.717, 1.165) is 6.07 Å². The standard InChI is InChI=1S/C26H23F2NO4/c1-26(2,14-33-3)24-22(18-12-7-15(25(31)32)13-19(18)28)23-20(5-4-6-21(23)30)29(24)17-10-8-16(27)9-11-17/h4-13,30H,14H2,1-3H3,(H,31,32). The molecule has 0 saturated heterocycles. The molecule has 2 N–H and O–H groups in total. The van der Waals surface area contributed by atoms with Crippen molar-refractivity contribution in [3.8, 4) is 22.6 Å². The summed E-state index contributed by atoms with van der Waals surface area (Å²) in [6.45, 7) is 4.12. The Kier molecular flexibility index (Phi) is 5.68. The maximum Gasteiger partial charge on any atom is 0.335 e. The van der Waals surface area contributed by atoms with Crippen LogP contribution < -0.4 is 0 Å². The number of aromatic hydroxyl groups is 1. The Hall–Kier alpha value is -3.71. The number of rotatable bonds is 6. The lowest BCUT2D eigenvalue weighted by atomic mass is 9.84. The highest BCUT2D eigenvalue weighted by molar-refractivity contribution is 6.04. The molecule has 0 unspecified atom stereocenters. The summed E-state index contributed by atoms with van der Waals surface area (Å²) in [4.78, 5) is 11.3. The van der Waals surface area contributed by atoms with Crippen molar-refractivity contribution in [2.45, 2.75) is 19.3 Å². The van der Waals surface area contributed by atoms with Crippen LogP contribution in [0.15, 0.2) is 60.7 Å². The first kappa shape index (κ1) is 22.5. The molecule has 5 nitrogen and oxygen atoms in total. The van der Waals surface area contributed by atoms with Crippen LogP contribution in [0.2, 0.25) is 0 Å². The van der Waals surface area contributed by atoms with Crippen molar-refractivity contribution in [1.82, 2.24) is 4.57 Å². The van der Waals surface area contributed by atoms with E-state index in [9.17, 15) is 19.4 Å². The molecule has 1 aromatic heterocycles. The van der Waals surface area contributed by atoms with Gasteiger partial charge in [-0.2, -0.15) is 0 Å². The Morgan fingerprint density at radius 3 is 2.36 bits per heavy atom. The molecule has 0 aliphatic heterocycles. The third-order valence-corrected chi connectivity index (χ3v) is 5.69. The smallest absolute Gasteiger partial charge is 0.335 e. The number of aromatic nitrogens is 1. The molecule has 0 spiro atoms. The van der Waals surface area contributed by atoms with Gasteiger partial charge in [0.25, 0.3) is 0 Å². The van der Waals surface area contributed by atoms with E-state index in [1.54, 1.807) is 31.4 Å². The van der Waals surface area contributed by atoms with Crippen LogP contribution in [-0.2, 0) is 10.2 Å². The Morgan fingerprint density at radius 2 is 1.76 bits per heavy atom. The number of phenols is 1. The number of carboxylic acid groups (broad SMARTS) is 1. The number of benzene rings is 3. The number of ether oxygens (including phenoxy) is 1. The fourth-order valence-corrected chi connectivity index (χ4v) is 4.36. The summed E-state index contributed by atoms with van der Waals surface area (Å²) < 4.78 is 36.4. The maximum atomic E-state index is 15.3. The summed E-state index contributed by atoms with van der Waals surface area (Å²) in [7, 11) is 1.56. The zero-order chi connectivity index (χ0) is 23.9. The van der Waals surface area contributed by atoms with Crippen molar-refractivity contribution in [1.29, 1.82) is 0 Å². The number of aromatic carboxylic acids is 1. The molecular formula is C26H23F2NO4. The lowest BCUT2D eigenvalue weighted by molar-refractivity contribution is 0.0696. The van der Waals surface area contributed by atoms with Crippen LogP contribution in [0.5, 0.6) is 5.75 Å². The van der Waals surface area contributed by atoms with Gasteiger partial charge in [0.1, 0.15) is 17.4 Å². The van der Waals surface area contributed by atoms with Crippen LogP contribution in [-0.4, -0.2) is 34.5 Å². The first-order valence-electron chi connectivity index (χ1n) is 10.3. The molecule has 0 amide bonds. The van der Waals surface area contributed by atoms with Crippen LogP contribution in [0.3, 0.4) is 0 Å². The zero-order valence-corrected chi connectivity index (χ0v) is 18.4. The summed E-state index contributed by atoms with van der Waals surface area (Å²) in [5, 5.41) is 20.5. The Morgan fingerprint density at radius 1 is 1.06 bits per heavy atom. The number of phenolic OH excluding ortho intramolecular Hbond substituents is 1. The number of carboxylic acids is 1. The van der Waals surface area contributed by atoms with E-state index in [4.69, 9.17) is 4.74 Å². The van der Waals surface area contributed by atoms with Crippen LogP contribution in [0.4, 0.5) is 8.78 Å². The number of methoxy groups -OCH3 is 1. The molecule has 4 rings (SSSR count). The molecule has 0 aliphatic carbocycles. The van der Waals surface area contributed by atoms with Gasteiger partial charge in [0.2, 0.25) is 0 Å². The van der Waals surface area contributed by atoms with E-state index in [0.29, 0.717) is 27.8 Å². The van der Waals surface area contributed by atoms with Crippen LogP contribution >= 0.6 is 0 Å². The van der Waals surface area contributed by atoms with Crippen molar-refractivity contribution in [2.75, 3.05) is 13.7 Å². The van der Waals surface area contributed by atoms with Crippen molar-refractivity contribution in [3.63, 3.8) is 0 Å². The Labute approximate surface area is 189 Å². The van der Waals surface area contributed by atoms with Gasteiger partial charge in [-0.3, -0.25) is 0 Å². The second-order valence-electron chi connectivity index (χ2n) is 8.52. The average molecular weight is 451 g/mol. The quantitative estimate of drug-likeness (QED) is 0.383. The normalized spacial score (nSPS) is 11.8. The summed E-state index contributed by atoms with van der Waals surface area (Å²) in [5.41, 5.74) is 1.56. The summed E-state index contributed by atoms with van der Waals surface area (Å²) in [6, 6.07) is 14.6. The van der Waals surface area contributed by atoms with Crippen molar-refractivity contribution < 1.29 is 28.5 Å². The van der Waals surface area contributed by atoms with Crippen molar-refractivity contribution in [2.24, 2.45) is 0 Å². The van der Waals surface area contributed by atoms with Gasteiger partial charge in [0.05, 0.1) is 23.1 Å². The molecule has 1 heterocycles. The molecular weight excluding hydrogens is 428 g/mol. The Bertz CT molecular complexity index is 1360. The molecule has 0 bridgehead atoms. The van der Waals surface area contributed by atoms with Gasteiger partial charge in [-0.1, -0.05) is 26.0 Å². The molecule has 7 heteroatoms. The molecule has 0 fully saturated rings. The third-order valence-electron chi connectivity index (χ3n) is 5.69. The lowest BCUT2D eigenvalue weighted by Crippen LogP contribution is -2.27. The monoisotopic (exact) mass is 451 g/mol. The fourth-order valence-electron chi connectivity index (χ4n) is 4.36. The topological polar surface area (TPSA) is 71.7 Å². The summed E-state index contributed by atoms with van der Waals surface area (Å²) >= 11 is 0. The molecule has 33 heavy (non-hydrogen) atoms. The first-order valence-corrected chi connectivity index (χ1v) is 10.3. The van der Waals surface area contributed by atoms with Gasteiger partial charge < -0.3 is 19.5 Å². The highest BCUT2D eigenvalue weighted by Gasteiger charge is 2.34. The summed E-state index contributed by atoms with van der Waals surface area (Å²) in [6.07, 6.45) is 0. The second kappa shape index (κ2) is 8.33. The number of nitrogens with zero attached hydrogens (tertiary/aromatic N) is 1. The molecule has 0 saturated carbocycles. The van der Waals surface area contributed by atoms with Gasteiger partial charge in [0.15, 0.2) is 0 Å². The lowest BCUT2D eigenvalue weighted by Gasteiger charge is -2.28. The molecule has 3 aromatic carbocycles. The number of halogens is 2. The first-order chi connectivity index (χ1) is 15.7.